The maximum absolute atomic E-state index is 12.7. The van der Waals surface area contributed by atoms with Gasteiger partial charge in [0.05, 0.1) is 12.2 Å². The molecule has 1 N–H and O–H groups in total. The number of benzene rings is 1. The standard InChI is InChI=1S/C20H22N4O4/c1-2-28-20(27)15-3-5-16(6-4-15)22-17-7-8-21-18(13-17)19(26)24-11-9-23(14-25)10-12-24/h3-8,13-14H,2,9-12H2,1H3,(H,21,22). The van der Waals surface area contributed by atoms with E-state index < -0.39 is 0 Å². The number of hydrogen-bond donors (Lipinski definition) is 1. The summed E-state index contributed by atoms with van der Waals surface area (Å²) in [5.74, 6) is -0.521. The number of rotatable bonds is 6. The van der Waals surface area contributed by atoms with Crippen LogP contribution in [0.3, 0.4) is 0 Å². The minimum Gasteiger partial charge on any atom is -0.462 e. The summed E-state index contributed by atoms with van der Waals surface area (Å²) in [6.45, 7) is 4.13. The molecule has 1 aromatic carbocycles. The van der Waals surface area contributed by atoms with Crippen molar-refractivity contribution in [1.29, 1.82) is 0 Å². The van der Waals surface area contributed by atoms with E-state index in [1.807, 2.05) is 0 Å². The third-order valence-corrected chi connectivity index (χ3v) is 4.41. The number of esters is 1. The Kier molecular flexibility index (Phi) is 6.21. The average Bonchev–Trinajstić information content (AvgIpc) is 2.74. The summed E-state index contributed by atoms with van der Waals surface area (Å²) < 4.78 is 4.97. The molecule has 1 saturated heterocycles. The Hall–Kier alpha value is -3.42. The molecule has 0 saturated carbocycles. The van der Waals surface area contributed by atoms with Crippen LogP contribution >= 0.6 is 0 Å². The number of aromatic nitrogens is 1. The van der Waals surface area contributed by atoms with Gasteiger partial charge in [-0.2, -0.15) is 0 Å². The van der Waals surface area contributed by atoms with Crippen LogP contribution in [0.15, 0.2) is 42.6 Å². The van der Waals surface area contributed by atoms with E-state index in [-0.39, 0.29) is 11.9 Å². The molecule has 28 heavy (non-hydrogen) atoms. The number of hydrogen-bond acceptors (Lipinski definition) is 6. The summed E-state index contributed by atoms with van der Waals surface area (Å²) in [5.41, 5.74) is 2.31. The second kappa shape index (κ2) is 8.98. The van der Waals surface area contributed by atoms with E-state index in [4.69, 9.17) is 4.74 Å². The van der Waals surface area contributed by atoms with Gasteiger partial charge in [-0.25, -0.2) is 4.79 Å². The van der Waals surface area contributed by atoms with Crippen LogP contribution in [0.4, 0.5) is 11.4 Å². The number of nitrogens with zero attached hydrogens (tertiary/aromatic N) is 3. The summed E-state index contributed by atoms with van der Waals surface area (Å²) in [7, 11) is 0. The number of carbonyl (C=O) groups is 3. The van der Waals surface area contributed by atoms with Crippen LogP contribution in [-0.4, -0.2) is 65.9 Å². The van der Waals surface area contributed by atoms with Gasteiger partial charge in [-0.05, 0) is 43.3 Å². The first-order valence-electron chi connectivity index (χ1n) is 9.09. The summed E-state index contributed by atoms with van der Waals surface area (Å²) in [6.07, 6.45) is 2.38. The molecule has 2 aromatic rings. The van der Waals surface area contributed by atoms with Crippen LogP contribution in [-0.2, 0) is 9.53 Å². The van der Waals surface area contributed by atoms with Gasteiger partial charge in [-0.1, -0.05) is 0 Å². The third kappa shape index (κ3) is 4.64. The quantitative estimate of drug-likeness (QED) is 0.606. The number of pyridine rings is 1. The van der Waals surface area contributed by atoms with Gasteiger partial charge in [0.25, 0.3) is 5.91 Å². The van der Waals surface area contributed by atoms with Crippen LogP contribution in [0.25, 0.3) is 0 Å². The van der Waals surface area contributed by atoms with Crippen LogP contribution < -0.4 is 5.32 Å². The fraction of sp³-hybridized carbons (Fsp3) is 0.300. The Balaban J connectivity index is 1.65. The number of anilines is 2. The van der Waals surface area contributed by atoms with Crippen LogP contribution in [0, 0.1) is 0 Å². The first-order valence-corrected chi connectivity index (χ1v) is 9.09. The van der Waals surface area contributed by atoms with E-state index in [1.165, 1.54) is 0 Å². The lowest BCUT2D eigenvalue weighted by atomic mass is 10.2. The SMILES string of the molecule is CCOC(=O)c1ccc(Nc2ccnc(C(=O)N3CCN(C=O)CC3)c2)cc1. The predicted molar refractivity (Wildman–Crippen MR) is 103 cm³/mol. The summed E-state index contributed by atoms with van der Waals surface area (Å²) in [4.78, 5) is 42.7. The lowest BCUT2D eigenvalue weighted by Gasteiger charge is -2.32. The van der Waals surface area contributed by atoms with E-state index >= 15 is 0 Å². The van der Waals surface area contributed by atoms with Crippen molar-refractivity contribution < 1.29 is 19.1 Å². The average molecular weight is 382 g/mol. The highest BCUT2D eigenvalue weighted by atomic mass is 16.5. The fourth-order valence-electron chi connectivity index (χ4n) is 2.89. The van der Waals surface area contributed by atoms with Gasteiger partial charge in [-0.15, -0.1) is 0 Å². The molecule has 0 spiro atoms. The van der Waals surface area contributed by atoms with Gasteiger partial charge in [0.1, 0.15) is 5.69 Å². The maximum atomic E-state index is 12.7. The van der Waals surface area contributed by atoms with Crippen molar-refractivity contribution in [2.75, 3.05) is 38.1 Å². The Morgan fingerprint density at radius 1 is 1.11 bits per heavy atom. The summed E-state index contributed by atoms with van der Waals surface area (Å²) in [5, 5.41) is 3.20. The first kappa shape index (κ1) is 19.3. The molecule has 1 aliphatic rings. The molecule has 3 rings (SSSR count). The molecule has 0 aliphatic carbocycles. The molecule has 1 aliphatic heterocycles. The highest BCUT2D eigenvalue weighted by Crippen LogP contribution is 2.19. The van der Waals surface area contributed by atoms with Crippen molar-refractivity contribution in [2.45, 2.75) is 6.92 Å². The molecule has 8 heteroatoms. The molecule has 2 amide bonds. The number of amides is 2. The molecule has 8 nitrogen and oxygen atoms in total. The molecule has 1 aromatic heterocycles. The van der Waals surface area contributed by atoms with E-state index in [2.05, 4.69) is 10.3 Å². The largest absolute Gasteiger partial charge is 0.462 e. The maximum Gasteiger partial charge on any atom is 0.338 e. The third-order valence-electron chi connectivity index (χ3n) is 4.41. The molecule has 1 fully saturated rings. The smallest absolute Gasteiger partial charge is 0.338 e. The van der Waals surface area contributed by atoms with Crippen molar-refractivity contribution in [2.24, 2.45) is 0 Å². The van der Waals surface area contributed by atoms with Crippen molar-refractivity contribution in [3.8, 4) is 0 Å². The molecule has 0 unspecified atom stereocenters. The molecular weight excluding hydrogens is 360 g/mol. The summed E-state index contributed by atoms with van der Waals surface area (Å²) in [6, 6.07) is 10.4. The van der Waals surface area contributed by atoms with Crippen LogP contribution in [0.2, 0.25) is 0 Å². The van der Waals surface area contributed by atoms with E-state index in [0.717, 1.165) is 12.1 Å². The minimum atomic E-state index is -0.361. The minimum absolute atomic E-state index is 0.160. The normalized spacial score (nSPS) is 13.8. The van der Waals surface area contributed by atoms with Crippen LogP contribution in [0.1, 0.15) is 27.8 Å². The number of nitrogens with one attached hydrogen (secondary N) is 1. The van der Waals surface area contributed by atoms with Gasteiger partial charge in [0, 0.05) is 43.8 Å². The lowest BCUT2D eigenvalue weighted by Crippen LogP contribution is -2.48. The molecule has 0 atom stereocenters. The lowest BCUT2D eigenvalue weighted by molar-refractivity contribution is -0.119. The Morgan fingerprint density at radius 3 is 2.46 bits per heavy atom. The number of piperazine rings is 1. The van der Waals surface area contributed by atoms with E-state index in [0.29, 0.717) is 49.7 Å². The Morgan fingerprint density at radius 2 is 1.82 bits per heavy atom. The van der Waals surface area contributed by atoms with Gasteiger partial charge in [-0.3, -0.25) is 14.6 Å². The zero-order chi connectivity index (χ0) is 19.9. The van der Waals surface area contributed by atoms with Gasteiger partial charge >= 0.3 is 5.97 Å². The Bertz CT molecular complexity index is 846. The van der Waals surface area contributed by atoms with Gasteiger partial charge in [0.15, 0.2) is 0 Å². The number of carbonyl (C=O) groups excluding carboxylic acids is 3. The van der Waals surface area contributed by atoms with Gasteiger partial charge < -0.3 is 19.9 Å². The van der Waals surface area contributed by atoms with Crippen molar-refractivity contribution in [3.63, 3.8) is 0 Å². The first-order chi connectivity index (χ1) is 13.6. The highest BCUT2D eigenvalue weighted by molar-refractivity contribution is 5.93. The predicted octanol–water partition coefficient (Wildman–Crippen LogP) is 1.92. The van der Waals surface area contributed by atoms with Crippen molar-refractivity contribution in [3.05, 3.63) is 53.9 Å². The zero-order valence-electron chi connectivity index (χ0n) is 15.6. The van der Waals surface area contributed by atoms with Gasteiger partial charge in [0.2, 0.25) is 6.41 Å². The topological polar surface area (TPSA) is 91.8 Å². The monoisotopic (exact) mass is 382 g/mol. The molecule has 0 radical (unpaired) electrons. The Labute approximate surface area is 163 Å². The van der Waals surface area contributed by atoms with Crippen molar-refractivity contribution in [1.82, 2.24) is 14.8 Å². The molecule has 0 bridgehead atoms. The molecule has 2 heterocycles. The van der Waals surface area contributed by atoms with Crippen molar-refractivity contribution >= 4 is 29.7 Å². The number of ether oxygens (including phenoxy) is 1. The fourth-order valence-corrected chi connectivity index (χ4v) is 2.89. The van der Waals surface area contributed by atoms with E-state index in [1.54, 1.807) is 59.3 Å². The van der Waals surface area contributed by atoms with Crippen LogP contribution in [0.5, 0.6) is 0 Å². The highest BCUT2D eigenvalue weighted by Gasteiger charge is 2.22. The second-order valence-electron chi connectivity index (χ2n) is 6.29. The molecular formula is C20H22N4O4. The molecule has 146 valence electrons. The second-order valence-corrected chi connectivity index (χ2v) is 6.29. The summed E-state index contributed by atoms with van der Waals surface area (Å²) >= 11 is 0. The zero-order valence-corrected chi connectivity index (χ0v) is 15.6. The van der Waals surface area contributed by atoms with E-state index in [9.17, 15) is 14.4 Å².